The molecular weight excluding hydrogens is 460 g/mol. The molecule has 1 aromatic carbocycles. The molecule has 0 spiro atoms. The number of piperazine rings is 1. The van der Waals surface area contributed by atoms with Crippen LogP contribution in [0, 0.1) is 13.8 Å². The Labute approximate surface area is 201 Å². The predicted octanol–water partition coefficient (Wildman–Crippen LogP) is 2.94. The van der Waals surface area contributed by atoms with Crippen LogP contribution in [0.15, 0.2) is 47.1 Å². The summed E-state index contributed by atoms with van der Waals surface area (Å²) in [6, 6.07) is 11.2. The largest absolute Gasteiger partial charge is 0.459 e. The molecule has 3 aromatic rings. The number of rotatable bonds is 6. The molecule has 2 amide bonds. The molecule has 0 N–H and O–H groups in total. The number of amides is 2. The van der Waals surface area contributed by atoms with Gasteiger partial charge in [-0.3, -0.25) is 9.59 Å². The van der Waals surface area contributed by atoms with E-state index in [1.165, 1.54) is 10.9 Å². The van der Waals surface area contributed by atoms with Crippen LogP contribution < -0.4 is 0 Å². The number of nitrogens with zero attached hydrogens (tertiary/aromatic N) is 4. The van der Waals surface area contributed by atoms with Crippen molar-refractivity contribution in [3.05, 3.63) is 76.0 Å². The highest BCUT2D eigenvalue weighted by Gasteiger charge is 2.28. The topological polar surface area (TPSA) is 97.9 Å². The van der Waals surface area contributed by atoms with E-state index in [4.69, 9.17) is 20.8 Å². The summed E-state index contributed by atoms with van der Waals surface area (Å²) in [5, 5.41) is 4.52. The third kappa shape index (κ3) is 5.14. The summed E-state index contributed by atoms with van der Waals surface area (Å²) in [4.78, 5) is 40.8. The van der Waals surface area contributed by atoms with Gasteiger partial charge in [0.2, 0.25) is 0 Å². The number of carbonyl (C=O) groups excluding carboxylic acids is 3. The quantitative estimate of drug-likeness (QED) is 0.499. The molecule has 1 fully saturated rings. The fraction of sp³-hybridized carbons (Fsp3) is 0.333. The summed E-state index contributed by atoms with van der Waals surface area (Å²) in [6.07, 6.45) is 1.45. The molecule has 0 atom stereocenters. The second kappa shape index (κ2) is 10.1. The number of benzene rings is 1. The molecule has 2 aromatic heterocycles. The first kappa shape index (κ1) is 23.6. The molecule has 0 unspecified atom stereocenters. The van der Waals surface area contributed by atoms with E-state index < -0.39 is 12.6 Å². The van der Waals surface area contributed by atoms with E-state index in [1.807, 2.05) is 31.2 Å². The molecule has 0 aliphatic carbocycles. The van der Waals surface area contributed by atoms with Crippen LogP contribution in [0.4, 0.5) is 0 Å². The number of hydrogen-bond acceptors (Lipinski definition) is 6. The summed E-state index contributed by atoms with van der Waals surface area (Å²) >= 11 is 6.42. The number of halogens is 1. The molecule has 0 bridgehead atoms. The lowest BCUT2D eigenvalue weighted by Crippen LogP contribution is -2.51. The predicted molar refractivity (Wildman–Crippen MR) is 124 cm³/mol. The number of furan rings is 1. The molecule has 4 rings (SSSR count). The van der Waals surface area contributed by atoms with Crippen molar-refractivity contribution in [2.75, 3.05) is 32.8 Å². The van der Waals surface area contributed by atoms with Crippen molar-refractivity contribution in [1.82, 2.24) is 19.6 Å². The van der Waals surface area contributed by atoms with E-state index in [2.05, 4.69) is 5.10 Å². The van der Waals surface area contributed by atoms with Gasteiger partial charge < -0.3 is 19.0 Å². The minimum Gasteiger partial charge on any atom is -0.459 e. The van der Waals surface area contributed by atoms with Crippen molar-refractivity contribution in [2.45, 2.75) is 20.4 Å². The summed E-state index contributed by atoms with van der Waals surface area (Å²) in [7, 11) is 0. The van der Waals surface area contributed by atoms with Crippen LogP contribution in [0.2, 0.25) is 5.15 Å². The fourth-order valence-corrected chi connectivity index (χ4v) is 4.07. The Hall–Kier alpha value is -3.59. The molecule has 3 heterocycles. The van der Waals surface area contributed by atoms with Gasteiger partial charge in [0, 0.05) is 26.2 Å². The summed E-state index contributed by atoms with van der Waals surface area (Å²) < 4.78 is 11.9. The van der Waals surface area contributed by atoms with Crippen LogP contribution in [0.3, 0.4) is 0 Å². The van der Waals surface area contributed by atoms with Crippen molar-refractivity contribution in [2.24, 2.45) is 0 Å². The third-order valence-corrected chi connectivity index (χ3v) is 6.08. The zero-order valence-electron chi connectivity index (χ0n) is 19.0. The van der Waals surface area contributed by atoms with E-state index >= 15 is 0 Å². The molecule has 1 saturated heterocycles. The van der Waals surface area contributed by atoms with Crippen molar-refractivity contribution in [3.63, 3.8) is 0 Å². The number of esters is 1. The molecule has 1 aliphatic heterocycles. The molecule has 10 heteroatoms. The van der Waals surface area contributed by atoms with E-state index in [1.54, 1.807) is 28.9 Å². The van der Waals surface area contributed by atoms with E-state index in [-0.39, 0.29) is 28.3 Å². The number of hydrogen-bond donors (Lipinski definition) is 0. The Bertz CT molecular complexity index is 1180. The van der Waals surface area contributed by atoms with Gasteiger partial charge in [-0.25, -0.2) is 9.48 Å². The first-order valence-electron chi connectivity index (χ1n) is 10.9. The van der Waals surface area contributed by atoms with Crippen molar-refractivity contribution >= 4 is 29.4 Å². The third-order valence-electron chi connectivity index (χ3n) is 5.70. The van der Waals surface area contributed by atoms with Crippen LogP contribution in [0.25, 0.3) is 0 Å². The molecule has 9 nitrogen and oxygen atoms in total. The zero-order valence-corrected chi connectivity index (χ0v) is 19.7. The lowest BCUT2D eigenvalue weighted by molar-refractivity contribution is -0.136. The van der Waals surface area contributed by atoms with Crippen LogP contribution >= 0.6 is 11.6 Å². The monoisotopic (exact) mass is 484 g/mol. The van der Waals surface area contributed by atoms with Crippen molar-refractivity contribution in [3.8, 4) is 0 Å². The number of aryl methyl sites for hydroxylation is 2. The standard InChI is InChI=1S/C24H25ClN4O5/c1-16-5-7-18(8-6-16)14-29-22(25)21(17(2)26-29)24(32)34-15-20(30)27-9-11-28(12-10-27)23(31)19-4-3-13-33-19/h3-8,13H,9-12,14-15H2,1-2H3. The SMILES string of the molecule is Cc1ccc(Cn2nc(C)c(C(=O)OCC(=O)N3CCN(C(=O)c4ccco4)CC3)c2Cl)cc1. The fourth-order valence-electron chi connectivity index (χ4n) is 3.76. The lowest BCUT2D eigenvalue weighted by Gasteiger charge is -2.34. The average Bonchev–Trinajstić information content (AvgIpc) is 3.47. The Morgan fingerprint density at radius 1 is 1.03 bits per heavy atom. The highest BCUT2D eigenvalue weighted by molar-refractivity contribution is 6.32. The van der Waals surface area contributed by atoms with E-state index in [9.17, 15) is 14.4 Å². The van der Waals surface area contributed by atoms with Gasteiger partial charge in [-0.2, -0.15) is 5.10 Å². The maximum atomic E-state index is 12.7. The number of carbonyl (C=O) groups is 3. The Morgan fingerprint density at radius 3 is 2.35 bits per heavy atom. The van der Waals surface area contributed by atoms with Crippen molar-refractivity contribution in [1.29, 1.82) is 0 Å². The van der Waals surface area contributed by atoms with Gasteiger partial charge in [-0.1, -0.05) is 41.4 Å². The Balaban J connectivity index is 1.30. The molecule has 1 aliphatic rings. The highest BCUT2D eigenvalue weighted by Crippen LogP contribution is 2.22. The number of ether oxygens (including phenoxy) is 1. The van der Waals surface area contributed by atoms with Crippen LogP contribution in [-0.4, -0.2) is 70.1 Å². The second-order valence-corrected chi connectivity index (χ2v) is 8.48. The first-order chi connectivity index (χ1) is 16.3. The number of aromatic nitrogens is 2. The van der Waals surface area contributed by atoms with Gasteiger partial charge in [0.25, 0.3) is 11.8 Å². The molecular formula is C24H25ClN4O5. The molecule has 178 valence electrons. The van der Waals surface area contributed by atoms with Gasteiger partial charge in [0.15, 0.2) is 12.4 Å². The highest BCUT2D eigenvalue weighted by atomic mass is 35.5. The lowest BCUT2D eigenvalue weighted by atomic mass is 10.1. The Kier molecular flexibility index (Phi) is 7.02. The zero-order chi connectivity index (χ0) is 24.2. The first-order valence-corrected chi connectivity index (χ1v) is 11.3. The summed E-state index contributed by atoms with van der Waals surface area (Å²) in [5.41, 5.74) is 2.72. The Morgan fingerprint density at radius 2 is 1.71 bits per heavy atom. The van der Waals surface area contributed by atoms with Gasteiger partial charge in [-0.05, 0) is 31.5 Å². The summed E-state index contributed by atoms with van der Waals surface area (Å²) in [5.74, 6) is -0.975. The maximum Gasteiger partial charge on any atom is 0.343 e. The van der Waals surface area contributed by atoms with Crippen molar-refractivity contribution < 1.29 is 23.5 Å². The summed E-state index contributed by atoms with van der Waals surface area (Å²) in [6.45, 7) is 5.10. The van der Waals surface area contributed by atoms with Gasteiger partial charge in [0.05, 0.1) is 18.5 Å². The average molecular weight is 485 g/mol. The minimum atomic E-state index is -0.697. The van der Waals surface area contributed by atoms with E-state index in [0.29, 0.717) is 38.4 Å². The molecule has 0 saturated carbocycles. The van der Waals surface area contributed by atoms with Gasteiger partial charge in [0.1, 0.15) is 10.7 Å². The van der Waals surface area contributed by atoms with Crippen LogP contribution in [-0.2, 0) is 16.1 Å². The normalized spacial score (nSPS) is 13.7. The molecule has 0 radical (unpaired) electrons. The molecule has 34 heavy (non-hydrogen) atoms. The van der Waals surface area contributed by atoms with Crippen LogP contribution in [0.1, 0.15) is 37.7 Å². The smallest absolute Gasteiger partial charge is 0.343 e. The van der Waals surface area contributed by atoms with Gasteiger partial charge >= 0.3 is 5.97 Å². The maximum absolute atomic E-state index is 12.7. The van der Waals surface area contributed by atoms with Gasteiger partial charge in [-0.15, -0.1) is 0 Å². The minimum absolute atomic E-state index is 0.149. The van der Waals surface area contributed by atoms with E-state index in [0.717, 1.165) is 11.1 Å². The second-order valence-electron chi connectivity index (χ2n) is 8.12. The van der Waals surface area contributed by atoms with Crippen LogP contribution in [0.5, 0.6) is 0 Å².